The van der Waals surface area contributed by atoms with Crippen LogP contribution in [0.15, 0.2) is 35.1 Å². The molecule has 2 heterocycles. The van der Waals surface area contributed by atoms with Crippen molar-refractivity contribution in [3.05, 3.63) is 57.5 Å². The van der Waals surface area contributed by atoms with Crippen molar-refractivity contribution < 1.29 is 18.0 Å². The van der Waals surface area contributed by atoms with Crippen LogP contribution in [0, 0.1) is 6.92 Å². The molecule has 0 aliphatic carbocycles. The number of nitrogens with zero attached hydrogens (tertiary/aromatic N) is 3. The summed E-state index contributed by atoms with van der Waals surface area (Å²) in [5, 5.41) is 7.12. The van der Waals surface area contributed by atoms with E-state index < -0.39 is 28.8 Å². The summed E-state index contributed by atoms with van der Waals surface area (Å²) in [5.41, 5.74) is -1.93. The molecule has 1 aliphatic rings. The number of para-hydroxylation sites is 1. The number of hydrogen-bond acceptors (Lipinski definition) is 4. The Kier molecular flexibility index (Phi) is 6.51. The summed E-state index contributed by atoms with van der Waals surface area (Å²) in [7, 11) is 1.56. The summed E-state index contributed by atoms with van der Waals surface area (Å²) in [4.78, 5) is 26.5. The molecule has 0 radical (unpaired) electrons. The lowest BCUT2D eigenvalue weighted by molar-refractivity contribution is -0.137. The van der Waals surface area contributed by atoms with Crippen molar-refractivity contribution in [3.8, 4) is 5.69 Å². The number of nitrogens with one attached hydrogen (secondary N) is 1. The molecule has 3 rings (SSSR count). The second-order valence-corrected chi connectivity index (χ2v) is 6.49. The highest BCUT2D eigenvalue weighted by molar-refractivity contribution is 5.92. The number of likely N-dealkylation sites (N-methyl/N-ethyl adjacent to an activating group) is 1. The summed E-state index contributed by atoms with van der Waals surface area (Å²) in [5.74, 6) is -0.605. The lowest BCUT2D eigenvalue weighted by atomic mass is 10.1. The van der Waals surface area contributed by atoms with Gasteiger partial charge in [-0.3, -0.25) is 9.59 Å². The van der Waals surface area contributed by atoms with Crippen molar-refractivity contribution in [3.63, 3.8) is 0 Å². The Hall–Kier alpha value is -2.39. The fourth-order valence-electron chi connectivity index (χ4n) is 3.14. The van der Waals surface area contributed by atoms with E-state index in [0.29, 0.717) is 6.54 Å². The van der Waals surface area contributed by atoms with Gasteiger partial charge in [0.2, 0.25) is 5.43 Å². The van der Waals surface area contributed by atoms with E-state index in [-0.39, 0.29) is 29.8 Å². The van der Waals surface area contributed by atoms with Gasteiger partial charge in [0.15, 0.2) is 5.69 Å². The second-order valence-electron chi connectivity index (χ2n) is 6.49. The number of alkyl halides is 3. The highest BCUT2D eigenvalue weighted by atomic mass is 35.5. The molecule has 1 aromatic heterocycles. The van der Waals surface area contributed by atoms with E-state index in [1.165, 1.54) is 30.0 Å². The molecule has 1 saturated heterocycles. The van der Waals surface area contributed by atoms with Gasteiger partial charge in [0.25, 0.3) is 5.91 Å². The van der Waals surface area contributed by atoms with Gasteiger partial charge < -0.3 is 10.2 Å². The molecule has 2 aromatic rings. The van der Waals surface area contributed by atoms with E-state index in [9.17, 15) is 22.8 Å². The number of halogens is 4. The molecule has 1 aliphatic heterocycles. The van der Waals surface area contributed by atoms with Crippen LogP contribution in [0.4, 0.5) is 13.2 Å². The molecule has 0 bridgehead atoms. The maximum absolute atomic E-state index is 13.4. The number of aromatic nitrogens is 2. The first-order valence-electron chi connectivity index (χ1n) is 8.45. The van der Waals surface area contributed by atoms with Crippen molar-refractivity contribution in [2.75, 3.05) is 20.1 Å². The first kappa shape index (κ1) is 21.9. The van der Waals surface area contributed by atoms with Gasteiger partial charge in [-0.1, -0.05) is 12.1 Å². The number of amides is 1. The number of carbonyl (C=O) groups is 1. The summed E-state index contributed by atoms with van der Waals surface area (Å²) in [6.45, 7) is 2.83. The third-order valence-corrected chi connectivity index (χ3v) is 4.65. The first-order chi connectivity index (χ1) is 12.7. The van der Waals surface area contributed by atoms with E-state index >= 15 is 0 Å². The van der Waals surface area contributed by atoms with Crippen molar-refractivity contribution in [1.82, 2.24) is 20.0 Å². The molecule has 6 nitrogen and oxygen atoms in total. The predicted octanol–water partition coefficient (Wildman–Crippen LogP) is 2.42. The largest absolute Gasteiger partial charge is 0.418 e. The van der Waals surface area contributed by atoms with Crippen LogP contribution < -0.4 is 10.7 Å². The zero-order valence-electron chi connectivity index (χ0n) is 15.3. The third-order valence-electron chi connectivity index (χ3n) is 4.65. The topological polar surface area (TPSA) is 67.2 Å². The van der Waals surface area contributed by atoms with Crippen LogP contribution in [-0.4, -0.2) is 46.8 Å². The molecular formula is C18H20ClF3N4O2. The van der Waals surface area contributed by atoms with Crippen LogP contribution in [0.5, 0.6) is 0 Å². The average molecular weight is 417 g/mol. The molecule has 1 N–H and O–H groups in total. The van der Waals surface area contributed by atoms with Crippen molar-refractivity contribution in [2.45, 2.75) is 25.6 Å². The number of hydrogen-bond donors (Lipinski definition) is 1. The maximum Gasteiger partial charge on any atom is 0.418 e. The van der Waals surface area contributed by atoms with Crippen molar-refractivity contribution in [1.29, 1.82) is 0 Å². The maximum atomic E-state index is 13.4. The smallest absolute Gasteiger partial charge is 0.336 e. The standard InChI is InChI=1S/C18H19F3N4O2.ClH/c1-11-9-15(26)16(17(27)24(2)12-7-8-22-10-12)23-25(11)14-6-4-3-5-13(14)18(19,20)21;/h3-6,9,12,22H,7-8,10H2,1-2H3;1H. The Labute approximate surface area is 165 Å². The summed E-state index contributed by atoms with van der Waals surface area (Å²) in [6.07, 6.45) is -3.86. The van der Waals surface area contributed by atoms with Crippen LogP contribution >= 0.6 is 12.4 Å². The SMILES string of the molecule is Cc1cc(=O)c(C(=O)N(C)C2CCNC2)nn1-c1ccccc1C(F)(F)F.Cl. The minimum absolute atomic E-state index is 0. The minimum atomic E-state index is -4.59. The molecule has 10 heteroatoms. The van der Waals surface area contributed by atoms with Crippen molar-refractivity contribution >= 4 is 18.3 Å². The fourth-order valence-corrected chi connectivity index (χ4v) is 3.14. The predicted molar refractivity (Wildman–Crippen MR) is 100 cm³/mol. The van der Waals surface area contributed by atoms with Gasteiger partial charge in [0.05, 0.1) is 11.3 Å². The number of aryl methyl sites for hydroxylation is 1. The summed E-state index contributed by atoms with van der Waals surface area (Å²) in [6, 6.07) is 5.96. The Balaban J connectivity index is 0.00000280. The minimum Gasteiger partial charge on any atom is -0.336 e. The molecule has 1 aromatic carbocycles. The number of benzene rings is 1. The van der Waals surface area contributed by atoms with E-state index in [1.807, 2.05) is 0 Å². The van der Waals surface area contributed by atoms with Gasteiger partial charge in [-0.15, -0.1) is 12.4 Å². The lowest BCUT2D eigenvalue weighted by Gasteiger charge is -2.23. The highest BCUT2D eigenvalue weighted by Gasteiger charge is 2.34. The molecule has 1 unspecified atom stereocenters. The van der Waals surface area contributed by atoms with Gasteiger partial charge >= 0.3 is 6.18 Å². The Morgan fingerprint density at radius 1 is 1.32 bits per heavy atom. The van der Waals surface area contributed by atoms with Crippen LogP contribution in [0.3, 0.4) is 0 Å². The normalized spacial score (nSPS) is 16.5. The Bertz CT molecular complexity index is 924. The molecule has 28 heavy (non-hydrogen) atoms. The van der Waals surface area contributed by atoms with Gasteiger partial charge in [-0.2, -0.15) is 18.3 Å². The summed E-state index contributed by atoms with van der Waals surface area (Å²) < 4.78 is 41.1. The molecule has 0 saturated carbocycles. The number of rotatable bonds is 3. The number of carbonyl (C=O) groups excluding carboxylic acids is 1. The van der Waals surface area contributed by atoms with Crippen LogP contribution in [0.25, 0.3) is 5.69 Å². The van der Waals surface area contributed by atoms with Gasteiger partial charge in [0, 0.05) is 31.4 Å². The monoisotopic (exact) mass is 416 g/mol. The summed E-state index contributed by atoms with van der Waals surface area (Å²) >= 11 is 0. The quantitative estimate of drug-likeness (QED) is 0.834. The highest BCUT2D eigenvalue weighted by Crippen LogP contribution is 2.33. The van der Waals surface area contributed by atoms with Gasteiger partial charge in [-0.05, 0) is 32.0 Å². The Morgan fingerprint density at radius 2 is 2.00 bits per heavy atom. The van der Waals surface area contributed by atoms with Crippen LogP contribution in [0.2, 0.25) is 0 Å². The fraction of sp³-hybridized carbons (Fsp3) is 0.389. The zero-order chi connectivity index (χ0) is 19.8. The van der Waals surface area contributed by atoms with Gasteiger partial charge in [0.1, 0.15) is 0 Å². The second kappa shape index (κ2) is 8.32. The molecule has 1 amide bonds. The zero-order valence-corrected chi connectivity index (χ0v) is 16.1. The molecule has 0 spiro atoms. The third kappa shape index (κ3) is 4.20. The molecule has 152 valence electrons. The van der Waals surface area contributed by atoms with E-state index in [1.54, 1.807) is 7.05 Å². The van der Waals surface area contributed by atoms with Crippen LogP contribution in [0.1, 0.15) is 28.2 Å². The average Bonchev–Trinajstić information content (AvgIpc) is 3.14. The first-order valence-corrected chi connectivity index (χ1v) is 8.45. The van der Waals surface area contributed by atoms with E-state index in [2.05, 4.69) is 10.4 Å². The van der Waals surface area contributed by atoms with E-state index in [4.69, 9.17) is 0 Å². The molecule has 1 atom stereocenters. The van der Waals surface area contributed by atoms with Crippen LogP contribution in [-0.2, 0) is 6.18 Å². The molecule has 1 fully saturated rings. The van der Waals surface area contributed by atoms with E-state index in [0.717, 1.165) is 29.8 Å². The van der Waals surface area contributed by atoms with Gasteiger partial charge in [-0.25, -0.2) is 4.68 Å². The molecular weight excluding hydrogens is 397 g/mol. The lowest BCUT2D eigenvalue weighted by Crippen LogP contribution is -2.41. The Morgan fingerprint density at radius 3 is 2.61 bits per heavy atom. The van der Waals surface area contributed by atoms with Crippen molar-refractivity contribution in [2.24, 2.45) is 0 Å².